The molecule has 0 aliphatic rings. The smallest absolute Gasteiger partial charge is 0.306 e. The maximum atomic E-state index is 12.6. The molecule has 0 saturated carbocycles. The summed E-state index contributed by atoms with van der Waals surface area (Å²) < 4.78 is 17.1. The van der Waals surface area contributed by atoms with E-state index in [-0.39, 0.29) is 42.7 Å². The van der Waals surface area contributed by atoms with E-state index in [1.165, 1.54) is 89.9 Å². The molecule has 0 amide bonds. The topological polar surface area (TPSA) is 102 Å². The monoisotopic (exact) mass is 682 g/mol. The average Bonchev–Trinajstić information content (AvgIpc) is 3.03. The molecule has 0 aromatic rings. The number of nitrogens with zero attached hydrogens (tertiary/aromatic N) is 1. The van der Waals surface area contributed by atoms with Crippen LogP contribution in [0.25, 0.3) is 0 Å². The number of esters is 2. The number of unbranched alkanes of at least 4 members (excludes halogenated alkanes) is 19. The molecule has 2 atom stereocenters. The molecule has 0 aliphatic heterocycles. The summed E-state index contributed by atoms with van der Waals surface area (Å²) in [5.41, 5.74) is 0. The molecular weight excluding hydrogens is 606 g/mol. The molecule has 2 unspecified atom stereocenters. The Morgan fingerprint density at radius 1 is 0.604 bits per heavy atom. The number of hydrogen-bond acceptors (Lipinski definition) is 7. The van der Waals surface area contributed by atoms with Crippen molar-refractivity contribution in [2.45, 2.75) is 187 Å². The van der Waals surface area contributed by atoms with Gasteiger partial charge in [0.15, 0.2) is 6.10 Å². The zero-order valence-electron chi connectivity index (χ0n) is 31.9. The lowest BCUT2D eigenvalue weighted by Crippen LogP contribution is -2.55. The summed E-state index contributed by atoms with van der Waals surface area (Å²) in [4.78, 5) is 36.6. The highest BCUT2D eigenvalue weighted by molar-refractivity contribution is 5.70. The molecule has 0 heterocycles. The summed E-state index contributed by atoms with van der Waals surface area (Å²) in [5.74, 6) is -1.74. The summed E-state index contributed by atoms with van der Waals surface area (Å²) in [7, 11) is 5.40. The van der Waals surface area contributed by atoms with E-state index in [1.54, 1.807) is 21.1 Å². The molecule has 0 saturated heterocycles. The highest BCUT2D eigenvalue weighted by Crippen LogP contribution is 2.14. The second kappa shape index (κ2) is 32.3. The minimum absolute atomic E-state index is 0.0421. The van der Waals surface area contributed by atoms with E-state index in [9.17, 15) is 19.5 Å². The fourth-order valence-electron chi connectivity index (χ4n) is 5.77. The highest BCUT2D eigenvalue weighted by Gasteiger charge is 2.25. The molecule has 8 nitrogen and oxygen atoms in total. The third-order valence-electron chi connectivity index (χ3n) is 8.90. The van der Waals surface area contributed by atoms with Crippen LogP contribution in [0.3, 0.4) is 0 Å². The number of ether oxygens (including phenoxy) is 3. The Morgan fingerprint density at radius 2 is 1.04 bits per heavy atom. The van der Waals surface area contributed by atoms with E-state index in [4.69, 9.17) is 14.2 Å². The maximum Gasteiger partial charge on any atom is 0.306 e. The van der Waals surface area contributed by atoms with Crippen LogP contribution < -0.4 is 5.11 Å². The van der Waals surface area contributed by atoms with Crippen molar-refractivity contribution in [2.75, 3.05) is 41.0 Å². The number of carbonyl (C=O) groups excluding carboxylic acids is 3. The van der Waals surface area contributed by atoms with E-state index >= 15 is 0 Å². The minimum Gasteiger partial charge on any atom is -0.544 e. The summed E-state index contributed by atoms with van der Waals surface area (Å²) in [6.45, 7) is 4.63. The van der Waals surface area contributed by atoms with Crippen molar-refractivity contribution in [3.05, 3.63) is 12.2 Å². The van der Waals surface area contributed by atoms with E-state index in [0.29, 0.717) is 12.8 Å². The van der Waals surface area contributed by atoms with Crippen LogP contribution in [-0.2, 0) is 28.6 Å². The summed E-state index contributed by atoms with van der Waals surface area (Å²) in [6.07, 6.45) is 30.8. The van der Waals surface area contributed by atoms with Crippen molar-refractivity contribution in [3.8, 4) is 0 Å². The van der Waals surface area contributed by atoms with Crippen LogP contribution in [0.5, 0.6) is 0 Å². The van der Waals surface area contributed by atoms with Crippen molar-refractivity contribution in [1.82, 2.24) is 0 Å². The number of likely N-dealkylation sites (N-methyl/N-ethyl adjacent to an activating group) is 1. The van der Waals surface area contributed by atoms with Crippen LogP contribution in [0.1, 0.15) is 174 Å². The number of rotatable bonds is 35. The standard InChI is InChI=1S/C40H75NO7/c1-6-8-10-12-14-16-18-19-20-21-23-25-27-29-31-39(43)48-36(34-46-33-32-37(40(44)45)41(3,4)5)35-47-38(42)30-28-26-24-22-17-15-13-11-9-7-2/h18-19,36-37H,6-17,20-35H2,1-5H3/b19-18-. The Labute approximate surface area is 295 Å². The van der Waals surface area contributed by atoms with Crippen molar-refractivity contribution in [1.29, 1.82) is 0 Å². The van der Waals surface area contributed by atoms with Crippen LogP contribution in [0, 0.1) is 0 Å². The predicted molar refractivity (Wildman–Crippen MR) is 194 cm³/mol. The maximum absolute atomic E-state index is 12.6. The van der Waals surface area contributed by atoms with Crippen LogP contribution in [0.4, 0.5) is 0 Å². The van der Waals surface area contributed by atoms with Gasteiger partial charge < -0.3 is 28.6 Å². The number of aliphatic carboxylic acids is 1. The quantitative estimate of drug-likeness (QED) is 0.0286. The Hall–Kier alpha value is -1.93. The van der Waals surface area contributed by atoms with Crippen molar-refractivity contribution < 1.29 is 38.2 Å². The molecule has 0 aliphatic carbocycles. The van der Waals surface area contributed by atoms with Gasteiger partial charge in [-0.15, -0.1) is 0 Å². The van der Waals surface area contributed by atoms with Gasteiger partial charge >= 0.3 is 11.9 Å². The van der Waals surface area contributed by atoms with E-state index in [2.05, 4.69) is 26.0 Å². The third-order valence-corrected chi connectivity index (χ3v) is 8.90. The first-order valence-corrected chi connectivity index (χ1v) is 19.7. The van der Waals surface area contributed by atoms with Gasteiger partial charge in [0, 0.05) is 19.3 Å². The second-order valence-electron chi connectivity index (χ2n) is 14.5. The first-order chi connectivity index (χ1) is 23.1. The normalized spacial score (nSPS) is 13.1. The molecule has 0 fully saturated rings. The molecule has 48 heavy (non-hydrogen) atoms. The molecule has 0 aromatic carbocycles. The molecule has 0 rings (SSSR count). The Bertz CT molecular complexity index is 808. The fraction of sp³-hybridized carbons (Fsp3) is 0.875. The number of carboxylic acids is 1. The lowest BCUT2D eigenvalue weighted by atomic mass is 10.1. The second-order valence-corrected chi connectivity index (χ2v) is 14.5. The molecule has 0 aromatic heterocycles. The van der Waals surface area contributed by atoms with Crippen molar-refractivity contribution in [2.24, 2.45) is 0 Å². The number of allylic oxidation sites excluding steroid dienone is 2. The molecule has 0 N–H and O–H groups in total. The van der Waals surface area contributed by atoms with E-state index in [1.807, 2.05) is 0 Å². The van der Waals surface area contributed by atoms with Gasteiger partial charge in [-0.1, -0.05) is 129 Å². The molecule has 0 bridgehead atoms. The zero-order chi connectivity index (χ0) is 35.7. The van der Waals surface area contributed by atoms with Crippen LogP contribution in [0.2, 0.25) is 0 Å². The van der Waals surface area contributed by atoms with Crippen molar-refractivity contribution >= 4 is 17.9 Å². The van der Waals surface area contributed by atoms with Crippen LogP contribution >= 0.6 is 0 Å². The summed E-state index contributed by atoms with van der Waals surface area (Å²) in [6, 6.07) is -0.721. The van der Waals surface area contributed by atoms with Gasteiger partial charge in [0.1, 0.15) is 12.6 Å². The third kappa shape index (κ3) is 30.2. The summed E-state index contributed by atoms with van der Waals surface area (Å²) in [5, 5.41) is 11.6. The Morgan fingerprint density at radius 3 is 1.50 bits per heavy atom. The lowest BCUT2D eigenvalue weighted by Gasteiger charge is -2.34. The van der Waals surface area contributed by atoms with Gasteiger partial charge in [-0.05, 0) is 38.5 Å². The first-order valence-electron chi connectivity index (χ1n) is 19.7. The van der Waals surface area contributed by atoms with Gasteiger partial charge in [0.05, 0.1) is 40.3 Å². The predicted octanol–water partition coefficient (Wildman–Crippen LogP) is 8.63. The number of hydrogen-bond donors (Lipinski definition) is 0. The van der Waals surface area contributed by atoms with Gasteiger partial charge in [0.2, 0.25) is 0 Å². The summed E-state index contributed by atoms with van der Waals surface area (Å²) >= 11 is 0. The van der Waals surface area contributed by atoms with Gasteiger partial charge in [-0.3, -0.25) is 9.59 Å². The highest BCUT2D eigenvalue weighted by atomic mass is 16.6. The zero-order valence-corrected chi connectivity index (χ0v) is 31.9. The van der Waals surface area contributed by atoms with E-state index in [0.717, 1.165) is 51.4 Å². The largest absolute Gasteiger partial charge is 0.544 e. The number of carbonyl (C=O) groups is 3. The van der Waals surface area contributed by atoms with Crippen molar-refractivity contribution in [3.63, 3.8) is 0 Å². The molecule has 8 heteroatoms. The van der Waals surface area contributed by atoms with Gasteiger partial charge in [-0.25, -0.2) is 0 Å². The fourth-order valence-corrected chi connectivity index (χ4v) is 5.77. The van der Waals surface area contributed by atoms with Gasteiger partial charge in [-0.2, -0.15) is 0 Å². The molecule has 0 radical (unpaired) electrons. The number of carboxylic acid groups (broad SMARTS) is 1. The number of quaternary nitrogens is 1. The molecule has 282 valence electrons. The SMILES string of the molecule is CCCCCCC/C=C\CCCCCCCC(=O)OC(COCCC(C(=O)[O-])[N+](C)(C)C)COC(=O)CCCCCCCCCCCC. The molecular formula is C40H75NO7. The van der Waals surface area contributed by atoms with Crippen LogP contribution in [0.15, 0.2) is 12.2 Å². The van der Waals surface area contributed by atoms with Crippen LogP contribution in [-0.4, -0.2) is 75.5 Å². The lowest BCUT2D eigenvalue weighted by molar-refractivity contribution is -0.889. The Kier molecular flexibility index (Phi) is 31.0. The minimum atomic E-state index is -1.13. The first kappa shape index (κ1) is 46.1. The van der Waals surface area contributed by atoms with Gasteiger partial charge in [0.25, 0.3) is 0 Å². The molecule has 0 spiro atoms. The Balaban J connectivity index is 4.41. The average molecular weight is 682 g/mol. The van der Waals surface area contributed by atoms with E-state index < -0.39 is 18.1 Å².